The summed E-state index contributed by atoms with van der Waals surface area (Å²) < 4.78 is 14.6. The standard InChI is InChI=1S/C12H17NO7/c1-8(14)18-7-12(20-10(3)16)11(19-9(2)15)5-4-6-13-17/h4-6,11-12,17H,7H2,1-3H3/b5-4+,13-6+/t11-,12+/m1/s1. The maximum Gasteiger partial charge on any atom is 0.303 e. The molecular weight excluding hydrogens is 270 g/mol. The van der Waals surface area contributed by atoms with E-state index in [1.807, 2.05) is 0 Å². The zero-order valence-corrected chi connectivity index (χ0v) is 11.4. The second-order valence-corrected chi connectivity index (χ2v) is 3.67. The molecule has 0 aromatic carbocycles. The van der Waals surface area contributed by atoms with Gasteiger partial charge in [-0.3, -0.25) is 14.4 Å². The molecule has 1 N–H and O–H groups in total. The van der Waals surface area contributed by atoms with Gasteiger partial charge in [-0.25, -0.2) is 0 Å². The second kappa shape index (κ2) is 9.54. The van der Waals surface area contributed by atoms with Gasteiger partial charge in [0.2, 0.25) is 0 Å². The maximum absolute atomic E-state index is 11.0. The fourth-order valence-electron chi connectivity index (χ4n) is 1.24. The molecule has 0 aromatic heterocycles. The molecule has 0 amide bonds. The first-order chi connectivity index (χ1) is 9.36. The molecule has 0 saturated carbocycles. The number of esters is 3. The maximum atomic E-state index is 11.0. The molecule has 0 rings (SSSR count). The van der Waals surface area contributed by atoms with E-state index in [-0.39, 0.29) is 6.61 Å². The van der Waals surface area contributed by atoms with E-state index in [9.17, 15) is 14.4 Å². The van der Waals surface area contributed by atoms with Gasteiger partial charge in [0.1, 0.15) is 6.61 Å². The lowest BCUT2D eigenvalue weighted by Gasteiger charge is -2.23. The molecule has 0 fully saturated rings. The molecule has 20 heavy (non-hydrogen) atoms. The van der Waals surface area contributed by atoms with Crippen LogP contribution in [0, 0.1) is 0 Å². The van der Waals surface area contributed by atoms with E-state index < -0.39 is 30.1 Å². The molecule has 0 aliphatic rings. The Balaban J connectivity index is 4.97. The highest BCUT2D eigenvalue weighted by Gasteiger charge is 2.26. The number of hydrogen-bond donors (Lipinski definition) is 1. The van der Waals surface area contributed by atoms with Crippen molar-refractivity contribution in [2.45, 2.75) is 33.0 Å². The second-order valence-electron chi connectivity index (χ2n) is 3.67. The van der Waals surface area contributed by atoms with Gasteiger partial charge in [-0.05, 0) is 12.2 Å². The number of ether oxygens (including phenoxy) is 3. The van der Waals surface area contributed by atoms with Crippen molar-refractivity contribution >= 4 is 24.1 Å². The monoisotopic (exact) mass is 287 g/mol. The van der Waals surface area contributed by atoms with Gasteiger partial charge >= 0.3 is 17.9 Å². The first kappa shape index (κ1) is 17.6. The zero-order chi connectivity index (χ0) is 15.5. The van der Waals surface area contributed by atoms with Crippen LogP contribution < -0.4 is 0 Å². The lowest BCUT2D eigenvalue weighted by Crippen LogP contribution is -2.37. The molecule has 0 heterocycles. The Morgan fingerprint density at radius 1 is 1.10 bits per heavy atom. The van der Waals surface area contributed by atoms with Crippen LogP contribution in [-0.2, 0) is 28.6 Å². The van der Waals surface area contributed by atoms with Crippen LogP contribution in [0.1, 0.15) is 20.8 Å². The van der Waals surface area contributed by atoms with Crippen molar-refractivity contribution in [3.63, 3.8) is 0 Å². The predicted octanol–water partition coefficient (Wildman–Crippen LogP) is 0.429. The third-order valence-corrected chi connectivity index (χ3v) is 1.89. The summed E-state index contributed by atoms with van der Waals surface area (Å²) in [5.41, 5.74) is 0. The number of hydrogen-bond acceptors (Lipinski definition) is 8. The van der Waals surface area contributed by atoms with E-state index in [1.54, 1.807) is 0 Å². The number of rotatable bonds is 7. The van der Waals surface area contributed by atoms with Gasteiger partial charge in [0, 0.05) is 20.8 Å². The van der Waals surface area contributed by atoms with E-state index >= 15 is 0 Å². The van der Waals surface area contributed by atoms with Gasteiger partial charge in [-0.1, -0.05) is 5.16 Å². The molecule has 0 aliphatic heterocycles. The molecule has 0 radical (unpaired) electrons. The minimum Gasteiger partial charge on any atom is -0.462 e. The zero-order valence-electron chi connectivity index (χ0n) is 11.4. The summed E-state index contributed by atoms with van der Waals surface area (Å²) in [6, 6.07) is 0. The van der Waals surface area contributed by atoms with Crippen molar-refractivity contribution in [1.29, 1.82) is 0 Å². The van der Waals surface area contributed by atoms with Crippen LogP contribution in [0.25, 0.3) is 0 Å². The fourth-order valence-corrected chi connectivity index (χ4v) is 1.24. The van der Waals surface area contributed by atoms with E-state index in [1.165, 1.54) is 32.9 Å². The average molecular weight is 287 g/mol. The first-order valence-corrected chi connectivity index (χ1v) is 5.68. The summed E-state index contributed by atoms with van der Waals surface area (Å²) in [7, 11) is 0. The molecule has 0 spiro atoms. The molecule has 0 bridgehead atoms. The molecular formula is C12H17NO7. The van der Waals surface area contributed by atoms with E-state index in [2.05, 4.69) is 5.16 Å². The Labute approximate surface area is 116 Å². The van der Waals surface area contributed by atoms with Gasteiger partial charge in [0.25, 0.3) is 0 Å². The highest BCUT2D eigenvalue weighted by Crippen LogP contribution is 2.09. The van der Waals surface area contributed by atoms with E-state index in [4.69, 9.17) is 19.4 Å². The summed E-state index contributed by atoms with van der Waals surface area (Å²) in [5.74, 6) is -1.80. The summed E-state index contributed by atoms with van der Waals surface area (Å²) in [6.07, 6.45) is 1.68. The van der Waals surface area contributed by atoms with Gasteiger partial charge < -0.3 is 19.4 Å². The number of oxime groups is 1. The minimum absolute atomic E-state index is 0.270. The number of carbonyl (C=O) groups is 3. The Hall–Kier alpha value is -2.38. The Bertz CT molecular complexity index is 403. The summed E-state index contributed by atoms with van der Waals surface area (Å²) in [6.45, 7) is 3.27. The molecule has 8 nitrogen and oxygen atoms in total. The molecule has 0 aliphatic carbocycles. The van der Waals surface area contributed by atoms with Crippen molar-refractivity contribution < 1.29 is 33.8 Å². The normalized spacial score (nSPS) is 13.9. The van der Waals surface area contributed by atoms with Crippen molar-refractivity contribution in [3.05, 3.63) is 12.2 Å². The number of carbonyl (C=O) groups excluding carboxylic acids is 3. The van der Waals surface area contributed by atoms with Gasteiger partial charge in [-0.2, -0.15) is 0 Å². The molecule has 0 unspecified atom stereocenters. The van der Waals surface area contributed by atoms with Crippen molar-refractivity contribution in [1.82, 2.24) is 0 Å². The van der Waals surface area contributed by atoms with Gasteiger partial charge in [0.05, 0.1) is 6.21 Å². The van der Waals surface area contributed by atoms with Crippen LogP contribution in [-0.4, -0.2) is 48.1 Å². The molecule has 0 aromatic rings. The third-order valence-electron chi connectivity index (χ3n) is 1.89. The molecule has 2 atom stereocenters. The number of nitrogens with zero attached hydrogens (tertiary/aromatic N) is 1. The van der Waals surface area contributed by atoms with Crippen LogP contribution in [0.15, 0.2) is 17.3 Å². The third kappa shape index (κ3) is 8.67. The first-order valence-electron chi connectivity index (χ1n) is 5.68. The van der Waals surface area contributed by atoms with E-state index in [0.29, 0.717) is 0 Å². The lowest BCUT2D eigenvalue weighted by molar-refractivity contribution is -0.169. The SMILES string of the molecule is CC(=O)OC[C@H](OC(C)=O)[C@@H](/C=C/C=N/O)OC(C)=O. The Kier molecular flexibility index (Phi) is 8.40. The Morgan fingerprint density at radius 2 is 1.70 bits per heavy atom. The van der Waals surface area contributed by atoms with Crippen molar-refractivity contribution in [2.75, 3.05) is 6.61 Å². The quantitative estimate of drug-likeness (QED) is 0.237. The summed E-state index contributed by atoms with van der Waals surface area (Å²) in [4.78, 5) is 32.8. The smallest absolute Gasteiger partial charge is 0.303 e. The molecule has 112 valence electrons. The summed E-state index contributed by atoms with van der Waals surface area (Å²) >= 11 is 0. The largest absolute Gasteiger partial charge is 0.462 e. The average Bonchev–Trinajstić information content (AvgIpc) is 2.32. The van der Waals surface area contributed by atoms with Gasteiger partial charge in [0.15, 0.2) is 12.2 Å². The van der Waals surface area contributed by atoms with Crippen LogP contribution in [0.4, 0.5) is 0 Å². The van der Waals surface area contributed by atoms with Gasteiger partial charge in [-0.15, -0.1) is 0 Å². The van der Waals surface area contributed by atoms with Crippen molar-refractivity contribution in [3.8, 4) is 0 Å². The predicted molar refractivity (Wildman–Crippen MR) is 67.2 cm³/mol. The fraction of sp³-hybridized carbons (Fsp3) is 0.500. The van der Waals surface area contributed by atoms with Crippen LogP contribution >= 0.6 is 0 Å². The summed E-state index contributed by atoms with van der Waals surface area (Å²) in [5, 5.41) is 11.0. The van der Waals surface area contributed by atoms with E-state index in [0.717, 1.165) is 6.21 Å². The molecule has 8 heteroatoms. The molecule has 0 saturated heterocycles. The number of allylic oxidation sites excluding steroid dienone is 1. The minimum atomic E-state index is -0.997. The lowest BCUT2D eigenvalue weighted by atomic mass is 10.2. The van der Waals surface area contributed by atoms with Crippen LogP contribution in [0.3, 0.4) is 0 Å². The highest BCUT2D eigenvalue weighted by molar-refractivity contribution is 5.71. The van der Waals surface area contributed by atoms with Crippen LogP contribution in [0.2, 0.25) is 0 Å². The Morgan fingerprint density at radius 3 is 2.15 bits per heavy atom. The van der Waals surface area contributed by atoms with Crippen LogP contribution in [0.5, 0.6) is 0 Å². The van der Waals surface area contributed by atoms with Crippen molar-refractivity contribution in [2.24, 2.45) is 5.16 Å². The highest BCUT2D eigenvalue weighted by atomic mass is 16.6. The topological polar surface area (TPSA) is 111 Å².